The van der Waals surface area contributed by atoms with E-state index in [1.54, 1.807) is 14.0 Å². The maximum atomic E-state index is 13.2. The first-order chi connectivity index (χ1) is 14.0. The molecule has 6 nitrogen and oxygen atoms in total. The predicted octanol–water partition coefficient (Wildman–Crippen LogP) is 4.62. The molecular weight excluding hydrogens is 366 g/mol. The van der Waals surface area contributed by atoms with E-state index in [0.29, 0.717) is 11.7 Å². The normalized spacial score (nSPS) is 17.1. The van der Waals surface area contributed by atoms with Crippen LogP contribution >= 0.6 is 0 Å². The monoisotopic (exact) mass is 393 g/mol. The largest absolute Gasteiger partial charge is 0.497 e. The molecule has 2 aromatic carbocycles. The average Bonchev–Trinajstić information content (AvgIpc) is 3.20. The Morgan fingerprint density at radius 3 is 2.55 bits per heavy atom. The van der Waals surface area contributed by atoms with Crippen molar-refractivity contribution in [2.24, 2.45) is 0 Å². The lowest BCUT2D eigenvalue weighted by molar-refractivity contribution is -0.125. The van der Waals surface area contributed by atoms with Gasteiger partial charge in [-0.1, -0.05) is 48.7 Å². The van der Waals surface area contributed by atoms with Crippen molar-refractivity contribution in [2.75, 3.05) is 7.11 Å². The van der Waals surface area contributed by atoms with Crippen LogP contribution in [-0.4, -0.2) is 23.2 Å². The number of carbonyl (C=O) groups is 1. The van der Waals surface area contributed by atoms with Crippen molar-refractivity contribution in [3.63, 3.8) is 0 Å². The Bertz CT molecular complexity index is 1020. The summed E-state index contributed by atoms with van der Waals surface area (Å²) in [5.74, 6) is 1.65. The molecule has 0 aliphatic heterocycles. The summed E-state index contributed by atoms with van der Waals surface area (Å²) in [5, 5.41) is 9.60. The van der Waals surface area contributed by atoms with E-state index in [1.165, 1.54) is 0 Å². The van der Waals surface area contributed by atoms with Gasteiger partial charge in [0.1, 0.15) is 11.3 Å². The molecule has 1 aliphatic carbocycles. The van der Waals surface area contributed by atoms with E-state index in [2.05, 4.69) is 21.5 Å². The van der Waals surface area contributed by atoms with Crippen molar-refractivity contribution in [1.82, 2.24) is 15.5 Å². The fourth-order valence-corrected chi connectivity index (χ4v) is 4.19. The van der Waals surface area contributed by atoms with Gasteiger partial charge in [0.2, 0.25) is 11.8 Å². The van der Waals surface area contributed by atoms with Crippen molar-refractivity contribution in [3.8, 4) is 5.75 Å². The fraction of sp³-hybridized carbons (Fsp3) is 0.435. The second kappa shape index (κ2) is 7.85. The van der Waals surface area contributed by atoms with Gasteiger partial charge in [-0.15, -0.1) is 0 Å². The van der Waals surface area contributed by atoms with Gasteiger partial charge in [0.05, 0.1) is 13.0 Å². The molecule has 4 rings (SSSR count). The fourth-order valence-electron chi connectivity index (χ4n) is 4.19. The number of benzene rings is 2. The van der Waals surface area contributed by atoms with Crippen LogP contribution in [0.3, 0.4) is 0 Å². The molecule has 1 aliphatic rings. The van der Waals surface area contributed by atoms with Crippen molar-refractivity contribution in [3.05, 3.63) is 53.7 Å². The Hall–Kier alpha value is -2.89. The van der Waals surface area contributed by atoms with Crippen LogP contribution in [0.15, 0.2) is 40.9 Å². The maximum Gasteiger partial charge on any atom is 0.228 e. The second-order valence-electron chi connectivity index (χ2n) is 7.96. The van der Waals surface area contributed by atoms with Crippen molar-refractivity contribution >= 4 is 16.7 Å². The number of aryl methyl sites for hydroxylation is 1. The number of carbonyl (C=O) groups excluding carboxylic acids is 1. The summed E-state index contributed by atoms with van der Waals surface area (Å²) in [4.78, 5) is 17.7. The Morgan fingerprint density at radius 2 is 1.86 bits per heavy atom. The zero-order valence-electron chi connectivity index (χ0n) is 17.2. The van der Waals surface area contributed by atoms with Crippen molar-refractivity contribution < 1.29 is 14.1 Å². The minimum Gasteiger partial charge on any atom is -0.497 e. The molecule has 1 N–H and O–H groups in total. The number of rotatable bonds is 5. The molecule has 152 valence electrons. The first kappa shape index (κ1) is 19.4. The molecule has 0 radical (unpaired) electrons. The molecule has 1 amide bonds. The molecule has 1 aromatic heterocycles. The number of nitrogens with zero attached hydrogens (tertiary/aromatic N) is 2. The zero-order chi connectivity index (χ0) is 20.4. The van der Waals surface area contributed by atoms with Gasteiger partial charge in [-0.3, -0.25) is 4.79 Å². The highest BCUT2D eigenvalue weighted by atomic mass is 16.5. The number of nitrogens with one attached hydrogen (secondary N) is 1. The molecule has 1 saturated carbocycles. The third-order valence-corrected chi connectivity index (χ3v) is 5.99. The summed E-state index contributed by atoms with van der Waals surface area (Å²) >= 11 is 0. The van der Waals surface area contributed by atoms with Crippen LogP contribution in [0, 0.1) is 6.92 Å². The minimum atomic E-state index is -0.536. The Balaban J connectivity index is 1.58. The Morgan fingerprint density at radius 1 is 1.14 bits per heavy atom. The molecule has 1 fully saturated rings. The number of ether oxygens (including phenoxy) is 1. The Labute approximate surface area is 170 Å². The number of amides is 1. The molecule has 0 spiro atoms. The van der Waals surface area contributed by atoms with Crippen LogP contribution in [0.5, 0.6) is 5.75 Å². The molecular formula is C23H27N3O3. The van der Waals surface area contributed by atoms with E-state index in [4.69, 9.17) is 9.26 Å². The third kappa shape index (κ3) is 3.84. The lowest BCUT2D eigenvalue weighted by atomic mass is 9.80. The zero-order valence-corrected chi connectivity index (χ0v) is 17.2. The van der Waals surface area contributed by atoms with Crippen LogP contribution < -0.4 is 10.1 Å². The molecule has 6 heteroatoms. The molecule has 29 heavy (non-hydrogen) atoms. The first-order valence-corrected chi connectivity index (χ1v) is 10.2. The summed E-state index contributed by atoms with van der Waals surface area (Å²) in [7, 11) is 1.66. The predicted molar refractivity (Wildman–Crippen MR) is 111 cm³/mol. The highest BCUT2D eigenvalue weighted by Gasteiger charge is 2.40. The van der Waals surface area contributed by atoms with Gasteiger partial charge in [0, 0.05) is 6.92 Å². The smallest absolute Gasteiger partial charge is 0.228 e. The molecule has 1 heterocycles. The number of methoxy groups -OCH3 is 1. The Kier molecular flexibility index (Phi) is 5.26. The maximum absolute atomic E-state index is 13.2. The lowest BCUT2D eigenvalue weighted by Gasteiger charge is -2.36. The van der Waals surface area contributed by atoms with Crippen LogP contribution in [-0.2, 0) is 10.3 Å². The van der Waals surface area contributed by atoms with E-state index >= 15 is 0 Å². The van der Waals surface area contributed by atoms with Gasteiger partial charge in [-0.2, -0.15) is 4.98 Å². The number of aromatic nitrogens is 2. The SMILES string of the molecule is COc1ccc2cc([C@H](C)C(=O)NC3(c4noc(C)n4)CCCCC3)ccc2c1. The summed E-state index contributed by atoms with van der Waals surface area (Å²) in [6, 6.07) is 12.1. The van der Waals surface area contributed by atoms with E-state index in [-0.39, 0.29) is 11.8 Å². The van der Waals surface area contributed by atoms with Gasteiger partial charge >= 0.3 is 0 Å². The number of hydrogen-bond donors (Lipinski definition) is 1. The first-order valence-electron chi connectivity index (χ1n) is 10.2. The molecule has 0 unspecified atom stereocenters. The third-order valence-electron chi connectivity index (χ3n) is 5.99. The van der Waals surface area contributed by atoms with Crippen LogP contribution in [0.4, 0.5) is 0 Å². The van der Waals surface area contributed by atoms with E-state index in [1.807, 2.05) is 37.3 Å². The number of hydrogen-bond acceptors (Lipinski definition) is 5. The van der Waals surface area contributed by atoms with E-state index < -0.39 is 5.54 Å². The average molecular weight is 393 g/mol. The van der Waals surface area contributed by atoms with Crippen molar-refractivity contribution in [2.45, 2.75) is 57.4 Å². The van der Waals surface area contributed by atoms with Crippen LogP contribution in [0.1, 0.15) is 62.2 Å². The summed E-state index contributed by atoms with van der Waals surface area (Å²) < 4.78 is 10.5. The molecule has 3 aromatic rings. The quantitative estimate of drug-likeness (QED) is 0.684. The summed E-state index contributed by atoms with van der Waals surface area (Å²) in [6.45, 7) is 3.72. The van der Waals surface area contributed by atoms with E-state index in [0.717, 1.165) is 54.2 Å². The summed E-state index contributed by atoms with van der Waals surface area (Å²) in [5.41, 5.74) is 0.446. The lowest BCUT2D eigenvalue weighted by Crippen LogP contribution is -2.49. The molecule has 1 atom stereocenters. The van der Waals surface area contributed by atoms with Gasteiger partial charge in [-0.25, -0.2) is 0 Å². The van der Waals surface area contributed by atoms with Crippen LogP contribution in [0.25, 0.3) is 10.8 Å². The highest BCUT2D eigenvalue weighted by molar-refractivity contribution is 5.88. The highest BCUT2D eigenvalue weighted by Crippen LogP contribution is 2.36. The van der Waals surface area contributed by atoms with Crippen LogP contribution in [0.2, 0.25) is 0 Å². The second-order valence-corrected chi connectivity index (χ2v) is 7.96. The standard InChI is InChI=1S/C23H27N3O3/c1-15(17-7-8-19-14-20(28-3)10-9-18(19)13-17)21(27)25-23(11-5-4-6-12-23)22-24-16(2)29-26-22/h7-10,13-15H,4-6,11-12H2,1-3H3,(H,25,27)/t15-/m0/s1. The molecule has 0 saturated heterocycles. The molecule has 0 bridgehead atoms. The minimum absolute atomic E-state index is 0.0118. The number of fused-ring (bicyclic) bond motifs is 1. The van der Waals surface area contributed by atoms with Gasteiger partial charge < -0.3 is 14.6 Å². The van der Waals surface area contributed by atoms with Crippen molar-refractivity contribution in [1.29, 1.82) is 0 Å². The van der Waals surface area contributed by atoms with Gasteiger partial charge in [0.15, 0.2) is 5.82 Å². The topological polar surface area (TPSA) is 77.2 Å². The summed E-state index contributed by atoms with van der Waals surface area (Å²) in [6.07, 6.45) is 4.92. The van der Waals surface area contributed by atoms with Gasteiger partial charge in [0.25, 0.3) is 0 Å². The van der Waals surface area contributed by atoms with Gasteiger partial charge in [-0.05, 0) is 48.2 Å². The van der Waals surface area contributed by atoms with E-state index in [9.17, 15) is 4.79 Å².